The maximum atomic E-state index is 12.0. The number of ether oxygens (including phenoxy) is 2. The zero-order valence-corrected chi connectivity index (χ0v) is 15.1. The normalized spacial score (nSPS) is 10.1. The van der Waals surface area contributed by atoms with Crippen molar-refractivity contribution < 1.29 is 19.1 Å². The summed E-state index contributed by atoms with van der Waals surface area (Å²) in [6.45, 7) is 0.227. The van der Waals surface area contributed by atoms with Crippen LogP contribution in [0.2, 0.25) is 0 Å². The van der Waals surface area contributed by atoms with E-state index in [0.29, 0.717) is 23.6 Å². The van der Waals surface area contributed by atoms with Crippen LogP contribution in [0.5, 0.6) is 17.2 Å². The van der Waals surface area contributed by atoms with Gasteiger partial charge in [0.15, 0.2) is 6.61 Å². The van der Waals surface area contributed by atoms with Gasteiger partial charge in [0.05, 0.1) is 0 Å². The fourth-order valence-corrected chi connectivity index (χ4v) is 2.46. The van der Waals surface area contributed by atoms with Gasteiger partial charge in [0.25, 0.3) is 5.91 Å². The second-order valence-corrected chi connectivity index (χ2v) is 6.02. The molecule has 0 bridgehead atoms. The number of hydrogen-bond acceptors (Lipinski definition) is 4. The second-order valence-electron chi connectivity index (χ2n) is 6.02. The lowest BCUT2D eigenvalue weighted by atomic mass is 10.2. The molecule has 142 valence electrons. The molecule has 0 aliphatic rings. The summed E-state index contributed by atoms with van der Waals surface area (Å²) in [6.07, 6.45) is 0. The van der Waals surface area contributed by atoms with Gasteiger partial charge in [-0.15, -0.1) is 0 Å². The van der Waals surface area contributed by atoms with Crippen LogP contribution in [0.25, 0.3) is 0 Å². The van der Waals surface area contributed by atoms with Crippen LogP contribution in [-0.2, 0) is 11.3 Å². The van der Waals surface area contributed by atoms with Gasteiger partial charge in [-0.1, -0.05) is 30.3 Å². The summed E-state index contributed by atoms with van der Waals surface area (Å²) in [5.74, 6) is 1.16. The molecule has 0 aliphatic carbocycles. The molecule has 0 radical (unpaired) electrons. The highest BCUT2D eigenvalue weighted by Gasteiger charge is 2.05. The molecule has 3 aromatic carbocycles. The molecule has 0 heterocycles. The lowest BCUT2D eigenvalue weighted by Crippen LogP contribution is -2.28. The maximum Gasteiger partial charge on any atom is 0.258 e. The molecule has 0 atom stereocenters. The number of hydrogen-bond donors (Lipinski definition) is 2. The molecule has 0 saturated heterocycles. The first-order valence-electron chi connectivity index (χ1n) is 8.71. The van der Waals surface area contributed by atoms with Gasteiger partial charge in [-0.05, 0) is 54.1 Å². The number of primary amides is 1. The Bertz CT molecular complexity index is 940. The average Bonchev–Trinajstić information content (AvgIpc) is 2.72. The molecule has 3 aromatic rings. The van der Waals surface area contributed by atoms with E-state index in [1.807, 2.05) is 54.6 Å². The van der Waals surface area contributed by atoms with Crippen LogP contribution in [0.3, 0.4) is 0 Å². The first kappa shape index (κ1) is 19.0. The van der Waals surface area contributed by atoms with Gasteiger partial charge in [0.1, 0.15) is 17.2 Å². The van der Waals surface area contributed by atoms with E-state index >= 15 is 0 Å². The molecule has 6 nitrogen and oxygen atoms in total. The van der Waals surface area contributed by atoms with Crippen LogP contribution >= 0.6 is 0 Å². The summed E-state index contributed by atoms with van der Waals surface area (Å²) >= 11 is 0. The minimum atomic E-state index is -0.511. The lowest BCUT2D eigenvalue weighted by molar-refractivity contribution is -0.123. The number of carbonyl (C=O) groups is 2. The summed E-state index contributed by atoms with van der Waals surface area (Å²) in [4.78, 5) is 23.0. The highest BCUT2D eigenvalue weighted by molar-refractivity contribution is 5.92. The maximum absolute atomic E-state index is 12.0. The minimum absolute atomic E-state index is 0.129. The molecular formula is C22H20N2O4. The zero-order chi connectivity index (χ0) is 19.8. The summed E-state index contributed by atoms with van der Waals surface area (Å²) in [6, 6.07) is 23.3. The molecule has 0 unspecified atom stereocenters. The fourth-order valence-electron chi connectivity index (χ4n) is 2.46. The smallest absolute Gasteiger partial charge is 0.258 e. The molecule has 0 aliphatic heterocycles. The molecule has 0 saturated carbocycles. The van der Waals surface area contributed by atoms with Gasteiger partial charge in [-0.25, -0.2) is 0 Å². The van der Waals surface area contributed by atoms with Crippen LogP contribution < -0.4 is 20.5 Å². The van der Waals surface area contributed by atoms with E-state index in [1.165, 1.54) is 0 Å². The fraction of sp³-hybridized carbons (Fsp3) is 0.0909. The summed E-state index contributed by atoms with van der Waals surface area (Å²) < 4.78 is 11.2. The van der Waals surface area contributed by atoms with Crippen molar-refractivity contribution in [2.24, 2.45) is 5.73 Å². The van der Waals surface area contributed by atoms with E-state index in [-0.39, 0.29) is 12.5 Å². The van der Waals surface area contributed by atoms with Gasteiger partial charge in [0.2, 0.25) is 5.91 Å². The van der Waals surface area contributed by atoms with Crippen molar-refractivity contribution in [1.29, 1.82) is 0 Å². The molecule has 0 fully saturated rings. The Morgan fingerprint density at radius 2 is 1.54 bits per heavy atom. The largest absolute Gasteiger partial charge is 0.484 e. The van der Waals surface area contributed by atoms with E-state index < -0.39 is 5.91 Å². The van der Waals surface area contributed by atoms with Crippen LogP contribution in [0, 0.1) is 0 Å². The molecule has 28 heavy (non-hydrogen) atoms. The second kappa shape index (κ2) is 9.23. The number of carbonyl (C=O) groups excluding carboxylic acids is 2. The van der Waals surface area contributed by atoms with E-state index in [0.717, 1.165) is 11.3 Å². The Morgan fingerprint density at radius 1 is 0.821 bits per heavy atom. The van der Waals surface area contributed by atoms with Gasteiger partial charge in [-0.3, -0.25) is 9.59 Å². The minimum Gasteiger partial charge on any atom is -0.484 e. The van der Waals surface area contributed by atoms with Crippen molar-refractivity contribution in [3.8, 4) is 17.2 Å². The van der Waals surface area contributed by atoms with Gasteiger partial charge >= 0.3 is 0 Å². The van der Waals surface area contributed by atoms with Gasteiger partial charge in [-0.2, -0.15) is 0 Å². The van der Waals surface area contributed by atoms with E-state index in [1.54, 1.807) is 24.3 Å². The monoisotopic (exact) mass is 376 g/mol. The number of rotatable bonds is 8. The number of nitrogens with one attached hydrogen (secondary N) is 1. The molecule has 3 rings (SSSR count). The van der Waals surface area contributed by atoms with Crippen molar-refractivity contribution >= 4 is 11.8 Å². The first-order valence-corrected chi connectivity index (χ1v) is 8.71. The van der Waals surface area contributed by atoms with Crippen molar-refractivity contribution in [2.45, 2.75) is 6.54 Å². The molecule has 0 spiro atoms. The number of nitrogens with two attached hydrogens (primary N) is 1. The van der Waals surface area contributed by atoms with Crippen molar-refractivity contribution in [3.05, 3.63) is 90.0 Å². The van der Waals surface area contributed by atoms with E-state index in [9.17, 15) is 9.59 Å². The molecule has 3 N–H and O–H groups in total. The first-order chi connectivity index (χ1) is 13.6. The highest BCUT2D eigenvalue weighted by Crippen LogP contribution is 2.21. The SMILES string of the molecule is NC(=O)c1ccc(OCC(=O)NCc2cccc(Oc3ccccc3)c2)cc1. The Labute approximate surface area is 162 Å². The van der Waals surface area contributed by atoms with Crippen LogP contribution in [0.4, 0.5) is 0 Å². The summed E-state index contributed by atoms with van der Waals surface area (Å²) in [5.41, 5.74) is 6.48. The summed E-state index contributed by atoms with van der Waals surface area (Å²) in [5, 5.41) is 2.80. The highest BCUT2D eigenvalue weighted by atomic mass is 16.5. The molecule has 2 amide bonds. The van der Waals surface area contributed by atoms with Crippen LogP contribution in [0.1, 0.15) is 15.9 Å². The average molecular weight is 376 g/mol. The van der Waals surface area contributed by atoms with Gasteiger partial charge < -0.3 is 20.5 Å². The molecule has 0 aromatic heterocycles. The number of benzene rings is 3. The van der Waals surface area contributed by atoms with Crippen molar-refractivity contribution in [1.82, 2.24) is 5.32 Å². The zero-order valence-electron chi connectivity index (χ0n) is 15.1. The predicted octanol–water partition coefficient (Wildman–Crippen LogP) is 3.27. The topological polar surface area (TPSA) is 90.7 Å². The van der Waals surface area contributed by atoms with Gasteiger partial charge in [0, 0.05) is 12.1 Å². The third-order valence-corrected chi connectivity index (χ3v) is 3.88. The molecule has 6 heteroatoms. The Balaban J connectivity index is 1.47. The van der Waals surface area contributed by atoms with E-state index in [2.05, 4.69) is 5.32 Å². The predicted molar refractivity (Wildman–Crippen MR) is 105 cm³/mol. The Morgan fingerprint density at radius 3 is 2.25 bits per heavy atom. The number of para-hydroxylation sites is 1. The standard InChI is InChI=1S/C22H20N2O4/c23-22(26)17-9-11-18(12-10-17)27-15-21(25)24-14-16-5-4-8-20(13-16)28-19-6-2-1-3-7-19/h1-13H,14-15H2,(H2,23,26)(H,24,25). The Kier molecular flexibility index (Phi) is 6.25. The summed E-state index contributed by atoms with van der Waals surface area (Å²) in [7, 11) is 0. The van der Waals surface area contributed by atoms with Crippen molar-refractivity contribution in [2.75, 3.05) is 6.61 Å². The van der Waals surface area contributed by atoms with Crippen molar-refractivity contribution in [3.63, 3.8) is 0 Å². The molecular weight excluding hydrogens is 356 g/mol. The number of amides is 2. The third-order valence-electron chi connectivity index (χ3n) is 3.88. The van der Waals surface area contributed by atoms with E-state index in [4.69, 9.17) is 15.2 Å². The quantitative estimate of drug-likeness (QED) is 0.631. The Hall–Kier alpha value is -3.80. The third kappa shape index (κ3) is 5.60. The van der Waals surface area contributed by atoms with Crippen LogP contribution in [-0.4, -0.2) is 18.4 Å². The lowest BCUT2D eigenvalue weighted by Gasteiger charge is -2.10. The van der Waals surface area contributed by atoms with Crippen LogP contribution in [0.15, 0.2) is 78.9 Å².